The van der Waals surface area contributed by atoms with E-state index < -0.39 is 11.4 Å². The first kappa shape index (κ1) is 23.1. The standard InChI is InChI=1S/C28H26FN3O2/c1-19(20-9-7-10-21(16-20)24-11-4-3-8-22(24)17-30-2)31-28(34)23-14-15-27(33)32(18-23)26-13-6-5-12-25(26)29/h3-16,18-19,30H,17H2,1-2H3,(H,31,34)/t19-/m1/s1. The van der Waals surface area contributed by atoms with Crippen LogP contribution in [0.2, 0.25) is 0 Å². The Hall–Kier alpha value is -4.03. The first-order valence-corrected chi connectivity index (χ1v) is 11.1. The van der Waals surface area contributed by atoms with Gasteiger partial charge in [-0.3, -0.25) is 14.2 Å². The van der Waals surface area contributed by atoms with E-state index in [0.29, 0.717) is 0 Å². The van der Waals surface area contributed by atoms with Crippen molar-refractivity contribution in [3.63, 3.8) is 0 Å². The number of carbonyl (C=O) groups excluding carboxylic acids is 1. The van der Waals surface area contributed by atoms with E-state index >= 15 is 0 Å². The Morgan fingerprint density at radius 3 is 2.53 bits per heavy atom. The third kappa shape index (κ3) is 4.97. The van der Waals surface area contributed by atoms with Gasteiger partial charge in [-0.05, 0) is 60.5 Å². The molecule has 0 radical (unpaired) electrons. The van der Waals surface area contributed by atoms with Crippen LogP contribution in [0.25, 0.3) is 16.8 Å². The molecule has 3 aromatic carbocycles. The van der Waals surface area contributed by atoms with Gasteiger partial charge in [-0.15, -0.1) is 0 Å². The molecule has 1 heterocycles. The molecule has 0 saturated carbocycles. The summed E-state index contributed by atoms with van der Waals surface area (Å²) in [4.78, 5) is 25.3. The maximum absolute atomic E-state index is 14.2. The molecule has 1 amide bonds. The highest BCUT2D eigenvalue weighted by molar-refractivity contribution is 5.94. The summed E-state index contributed by atoms with van der Waals surface area (Å²) in [5.41, 5.74) is 4.30. The molecule has 0 aliphatic heterocycles. The van der Waals surface area contributed by atoms with Crippen molar-refractivity contribution in [2.45, 2.75) is 19.5 Å². The monoisotopic (exact) mass is 455 g/mol. The maximum atomic E-state index is 14.2. The van der Waals surface area contributed by atoms with Crippen LogP contribution in [0.4, 0.5) is 4.39 Å². The molecule has 1 aromatic heterocycles. The predicted molar refractivity (Wildman–Crippen MR) is 133 cm³/mol. The first-order valence-electron chi connectivity index (χ1n) is 11.1. The highest BCUT2D eigenvalue weighted by Crippen LogP contribution is 2.26. The fraction of sp³-hybridized carbons (Fsp3) is 0.143. The van der Waals surface area contributed by atoms with Crippen molar-refractivity contribution in [3.8, 4) is 16.8 Å². The lowest BCUT2D eigenvalue weighted by Gasteiger charge is -2.17. The number of carbonyl (C=O) groups is 1. The van der Waals surface area contributed by atoms with Gasteiger partial charge < -0.3 is 10.6 Å². The summed E-state index contributed by atoms with van der Waals surface area (Å²) >= 11 is 0. The van der Waals surface area contributed by atoms with Crippen LogP contribution in [0.1, 0.15) is 34.5 Å². The van der Waals surface area contributed by atoms with Crippen LogP contribution in [0.3, 0.4) is 0 Å². The molecule has 2 N–H and O–H groups in total. The number of nitrogens with one attached hydrogen (secondary N) is 2. The van der Waals surface area contributed by atoms with Crippen molar-refractivity contribution >= 4 is 5.91 Å². The van der Waals surface area contributed by atoms with Crippen molar-refractivity contribution in [1.29, 1.82) is 0 Å². The number of aromatic nitrogens is 1. The lowest BCUT2D eigenvalue weighted by Crippen LogP contribution is -2.28. The molecular formula is C28H26FN3O2. The number of hydrogen-bond acceptors (Lipinski definition) is 3. The lowest BCUT2D eigenvalue weighted by molar-refractivity contribution is 0.0939. The van der Waals surface area contributed by atoms with Gasteiger partial charge in [0.05, 0.1) is 17.3 Å². The number of hydrogen-bond donors (Lipinski definition) is 2. The van der Waals surface area contributed by atoms with Crippen molar-refractivity contribution in [2.75, 3.05) is 7.05 Å². The molecule has 0 bridgehead atoms. The van der Waals surface area contributed by atoms with Gasteiger partial charge in [-0.1, -0.05) is 54.6 Å². The average Bonchev–Trinajstić information content (AvgIpc) is 2.85. The second kappa shape index (κ2) is 10.3. The van der Waals surface area contributed by atoms with Crippen molar-refractivity contribution in [2.24, 2.45) is 0 Å². The summed E-state index contributed by atoms with van der Waals surface area (Å²) in [6.45, 7) is 2.66. The molecule has 0 aliphatic rings. The van der Waals surface area contributed by atoms with E-state index in [4.69, 9.17) is 0 Å². The van der Waals surface area contributed by atoms with Crippen LogP contribution < -0.4 is 16.2 Å². The number of amides is 1. The SMILES string of the molecule is CNCc1ccccc1-c1cccc([C@@H](C)NC(=O)c2ccc(=O)n(-c3ccccc3F)c2)c1. The zero-order valence-electron chi connectivity index (χ0n) is 19.1. The van der Waals surface area contributed by atoms with Crippen molar-refractivity contribution in [1.82, 2.24) is 15.2 Å². The third-order valence-electron chi connectivity index (χ3n) is 5.72. The van der Waals surface area contributed by atoms with E-state index in [2.05, 4.69) is 34.9 Å². The summed E-state index contributed by atoms with van der Waals surface area (Å²) in [6, 6.07) is 24.7. The number of pyridine rings is 1. The van der Waals surface area contributed by atoms with Crippen LogP contribution in [-0.4, -0.2) is 17.5 Å². The molecule has 172 valence electrons. The van der Waals surface area contributed by atoms with E-state index in [1.54, 1.807) is 12.1 Å². The van der Waals surface area contributed by atoms with Gasteiger partial charge in [0.1, 0.15) is 5.82 Å². The van der Waals surface area contributed by atoms with Crippen LogP contribution >= 0.6 is 0 Å². The van der Waals surface area contributed by atoms with Gasteiger partial charge in [0.2, 0.25) is 0 Å². The van der Waals surface area contributed by atoms with Crippen LogP contribution in [0, 0.1) is 5.82 Å². The number of nitrogens with zero attached hydrogens (tertiary/aromatic N) is 1. The molecule has 0 aliphatic carbocycles. The Labute approximate surface area is 197 Å². The van der Waals surface area contributed by atoms with Gasteiger partial charge >= 0.3 is 0 Å². The Morgan fingerprint density at radius 2 is 1.74 bits per heavy atom. The summed E-state index contributed by atoms with van der Waals surface area (Å²) in [5.74, 6) is -0.885. The van der Waals surface area contributed by atoms with Gasteiger partial charge in [-0.2, -0.15) is 0 Å². The average molecular weight is 456 g/mol. The molecule has 0 spiro atoms. The molecule has 34 heavy (non-hydrogen) atoms. The van der Waals surface area contributed by atoms with Crippen molar-refractivity contribution in [3.05, 3.63) is 124 Å². The number of rotatable bonds is 7. The molecule has 0 saturated heterocycles. The van der Waals surface area contributed by atoms with Gasteiger partial charge in [0.25, 0.3) is 11.5 Å². The minimum Gasteiger partial charge on any atom is -0.345 e. The molecule has 4 rings (SSSR count). The smallest absolute Gasteiger partial charge is 0.255 e. The fourth-order valence-corrected chi connectivity index (χ4v) is 3.94. The van der Waals surface area contributed by atoms with E-state index in [9.17, 15) is 14.0 Å². The molecule has 0 unspecified atom stereocenters. The minimum atomic E-state index is -0.536. The molecule has 4 aromatic rings. The molecule has 0 fully saturated rings. The summed E-state index contributed by atoms with van der Waals surface area (Å²) in [5, 5.41) is 6.18. The lowest BCUT2D eigenvalue weighted by atomic mass is 9.96. The molecule has 5 nitrogen and oxygen atoms in total. The van der Waals surface area contributed by atoms with E-state index in [1.807, 2.05) is 38.2 Å². The van der Waals surface area contributed by atoms with Gasteiger partial charge in [-0.25, -0.2) is 4.39 Å². The minimum absolute atomic E-state index is 0.100. The largest absolute Gasteiger partial charge is 0.345 e. The maximum Gasteiger partial charge on any atom is 0.255 e. The van der Waals surface area contributed by atoms with E-state index in [-0.39, 0.29) is 23.2 Å². The summed E-state index contributed by atoms with van der Waals surface area (Å²) in [7, 11) is 1.92. The zero-order chi connectivity index (χ0) is 24.1. The summed E-state index contributed by atoms with van der Waals surface area (Å²) < 4.78 is 15.4. The Morgan fingerprint density at radius 1 is 0.971 bits per heavy atom. The molecule has 1 atom stereocenters. The van der Waals surface area contributed by atoms with Crippen LogP contribution in [0.15, 0.2) is 95.9 Å². The summed E-state index contributed by atoms with van der Waals surface area (Å²) in [6.07, 6.45) is 1.37. The second-order valence-corrected chi connectivity index (χ2v) is 8.09. The third-order valence-corrected chi connectivity index (χ3v) is 5.72. The Kier molecular flexibility index (Phi) is 6.99. The topological polar surface area (TPSA) is 63.1 Å². The second-order valence-electron chi connectivity index (χ2n) is 8.09. The van der Waals surface area contributed by atoms with E-state index in [0.717, 1.165) is 27.8 Å². The number of benzene rings is 3. The Balaban J connectivity index is 1.58. The quantitative estimate of drug-likeness (QED) is 0.419. The first-order chi connectivity index (χ1) is 16.5. The van der Waals surface area contributed by atoms with Crippen LogP contribution in [-0.2, 0) is 6.54 Å². The van der Waals surface area contributed by atoms with Gasteiger partial charge in [0.15, 0.2) is 0 Å². The molecular weight excluding hydrogens is 429 g/mol. The number of halogens is 1. The van der Waals surface area contributed by atoms with Crippen LogP contribution in [0.5, 0.6) is 0 Å². The zero-order valence-corrected chi connectivity index (χ0v) is 19.1. The molecule has 6 heteroatoms. The van der Waals surface area contributed by atoms with Gasteiger partial charge in [0, 0.05) is 18.8 Å². The fourth-order valence-electron chi connectivity index (χ4n) is 3.94. The highest BCUT2D eigenvalue weighted by atomic mass is 19.1. The normalized spacial score (nSPS) is 11.7. The predicted octanol–water partition coefficient (Wildman–Crippen LogP) is 4.85. The Bertz CT molecular complexity index is 1380. The van der Waals surface area contributed by atoms with E-state index in [1.165, 1.54) is 36.0 Å². The highest BCUT2D eigenvalue weighted by Gasteiger charge is 2.15. The van der Waals surface area contributed by atoms with Crippen molar-refractivity contribution < 1.29 is 9.18 Å². The number of para-hydroxylation sites is 1.